The standard InChI is InChI=1S/C15H31N/c1-12-9-8-10-13(2)16(14(3,4)5)15(6,7)11-12/h12-13H,8-11H2,1-7H3. The van der Waals surface area contributed by atoms with Crippen LogP contribution in [0.1, 0.15) is 74.1 Å². The molecule has 1 heteroatoms. The fourth-order valence-corrected chi connectivity index (χ4v) is 4.11. The van der Waals surface area contributed by atoms with Gasteiger partial charge >= 0.3 is 0 Å². The minimum absolute atomic E-state index is 0.278. The summed E-state index contributed by atoms with van der Waals surface area (Å²) in [5.74, 6) is 0.868. The van der Waals surface area contributed by atoms with Crippen molar-refractivity contribution in [3.05, 3.63) is 0 Å². The molecule has 96 valence electrons. The number of likely N-dealkylation sites (tertiary alicyclic amines) is 1. The maximum atomic E-state index is 2.75. The van der Waals surface area contributed by atoms with Gasteiger partial charge in [0.15, 0.2) is 0 Å². The second-order valence-electron chi connectivity index (χ2n) is 7.44. The lowest BCUT2D eigenvalue weighted by Gasteiger charge is -2.52. The van der Waals surface area contributed by atoms with Gasteiger partial charge in [0, 0.05) is 17.1 Å². The molecule has 0 N–H and O–H groups in total. The SMILES string of the molecule is CC1CCCC(C)N(C(C)(C)C)C(C)(C)C1. The van der Waals surface area contributed by atoms with Crippen molar-refractivity contribution in [2.45, 2.75) is 91.3 Å². The van der Waals surface area contributed by atoms with Crippen molar-refractivity contribution in [3.63, 3.8) is 0 Å². The second-order valence-corrected chi connectivity index (χ2v) is 7.44. The van der Waals surface area contributed by atoms with Crippen molar-refractivity contribution in [1.82, 2.24) is 4.90 Å². The van der Waals surface area contributed by atoms with Gasteiger partial charge in [-0.3, -0.25) is 4.90 Å². The Hall–Kier alpha value is -0.0400. The zero-order chi connectivity index (χ0) is 12.6. The Morgan fingerprint density at radius 3 is 2.12 bits per heavy atom. The van der Waals surface area contributed by atoms with Crippen LogP contribution in [0.25, 0.3) is 0 Å². The molecule has 0 aromatic carbocycles. The van der Waals surface area contributed by atoms with Gasteiger partial charge in [0.2, 0.25) is 0 Å². The maximum absolute atomic E-state index is 2.75. The maximum Gasteiger partial charge on any atom is 0.0163 e. The van der Waals surface area contributed by atoms with Crippen LogP contribution in [0.5, 0.6) is 0 Å². The van der Waals surface area contributed by atoms with E-state index in [1.165, 1.54) is 25.7 Å². The van der Waals surface area contributed by atoms with Gasteiger partial charge in [-0.05, 0) is 60.3 Å². The van der Waals surface area contributed by atoms with Crippen LogP contribution in [0.2, 0.25) is 0 Å². The summed E-state index contributed by atoms with van der Waals surface area (Å²) in [6.45, 7) is 16.8. The monoisotopic (exact) mass is 225 g/mol. The first-order chi connectivity index (χ1) is 7.14. The Balaban J connectivity index is 2.96. The lowest BCUT2D eigenvalue weighted by Crippen LogP contribution is -2.59. The Bertz CT molecular complexity index is 224. The number of hydrogen-bond acceptors (Lipinski definition) is 1. The van der Waals surface area contributed by atoms with Crippen LogP contribution in [-0.4, -0.2) is 22.0 Å². The zero-order valence-corrected chi connectivity index (χ0v) is 12.4. The molecule has 1 aliphatic heterocycles. The Morgan fingerprint density at radius 2 is 1.62 bits per heavy atom. The summed E-state index contributed by atoms with van der Waals surface area (Å²) < 4.78 is 0. The Morgan fingerprint density at radius 1 is 1.06 bits per heavy atom. The van der Waals surface area contributed by atoms with E-state index in [-0.39, 0.29) is 5.54 Å². The van der Waals surface area contributed by atoms with Crippen LogP contribution in [0.4, 0.5) is 0 Å². The molecule has 2 atom stereocenters. The molecule has 0 radical (unpaired) electrons. The van der Waals surface area contributed by atoms with Crippen LogP contribution in [0.3, 0.4) is 0 Å². The average Bonchev–Trinajstić information content (AvgIpc) is 1.96. The van der Waals surface area contributed by atoms with Crippen molar-refractivity contribution < 1.29 is 0 Å². The third kappa shape index (κ3) is 3.23. The first-order valence-electron chi connectivity index (χ1n) is 6.94. The van der Waals surface area contributed by atoms with E-state index in [1.54, 1.807) is 0 Å². The lowest BCUT2D eigenvalue weighted by molar-refractivity contribution is -0.0324. The van der Waals surface area contributed by atoms with E-state index in [1.807, 2.05) is 0 Å². The van der Waals surface area contributed by atoms with Gasteiger partial charge in [-0.15, -0.1) is 0 Å². The van der Waals surface area contributed by atoms with Crippen LogP contribution >= 0.6 is 0 Å². The van der Waals surface area contributed by atoms with Gasteiger partial charge in [0.25, 0.3) is 0 Å². The molecule has 1 fully saturated rings. The van der Waals surface area contributed by atoms with Crippen molar-refractivity contribution in [1.29, 1.82) is 0 Å². The van der Waals surface area contributed by atoms with Crippen LogP contribution in [-0.2, 0) is 0 Å². The predicted octanol–water partition coefficient (Wildman–Crippen LogP) is 4.46. The van der Waals surface area contributed by atoms with Gasteiger partial charge in [-0.2, -0.15) is 0 Å². The molecule has 1 heterocycles. The smallest absolute Gasteiger partial charge is 0.0163 e. The Labute approximate surface area is 103 Å². The molecule has 2 unspecified atom stereocenters. The molecule has 0 aliphatic carbocycles. The predicted molar refractivity (Wildman–Crippen MR) is 72.8 cm³/mol. The molecule has 0 amide bonds. The minimum Gasteiger partial charge on any atom is -0.291 e. The average molecular weight is 225 g/mol. The molecule has 1 saturated heterocycles. The number of nitrogens with zero attached hydrogens (tertiary/aromatic N) is 1. The van der Waals surface area contributed by atoms with Crippen molar-refractivity contribution in [2.75, 3.05) is 0 Å². The first kappa shape index (κ1) is 14.0. The second kappa shape index (κ2) is 4.68. The van der Waals surface area contributed by atoms with E-state index in [9.17, 15) is 0 Å². The number of hydrogen-bond donors (Lipinski definition) is 0. The highest BCUT2D eigenvalue weighted by Gasteiger charge is 2.39. The molecule has 0 saturated carbocycles. The van der Waals surface area contributed by atoms with Gasteiger partial charge in [-0.1, -0.05) is 19.8 Å². The minimum atomic E-state index is 0.278. The molecule has 0 bridgehead atoms. The van der Waals surface area contributed by atoms with E-state index in [0.717, 1.165) is 5.92 Å². The summed E-state index contributed by atoms with van der Waals surface area (Å²) >= 11 is 0. The first-order valence-corrected chi connectivity index (χ1v) is 6.94. The van der Waals surface area contributed by atoms with E-state index in [2.05, 4.69) is 53.4 Å². The molecule has 0 aromatic heterocycles. The van der Waals surface area contributed by atoms with E-state index >= 15 is 0 Å². The van der Waals surface area contributed by atoms with E-state index in [4.69, 9.17) is 0 Å². The van der Waals surface area contributed by atoms with Crippen LogP contribution in [0, 0.1) is 5.92 Å². The fraction of sp³-hybridized carbons (Fsp3) is 1.00. The molecular formula is C15H31N. The largest absolute Gasteiger partial charge is 0.291 e. The molecule has 1 nitrogen and oxygen atoms in total. The van der Waals surface area contributed by atoms with Crippen LogP contribution in [0.15, 0.2) is 0 Å². The molecule has 0 aromatic rings. The molecule has 0 spiro atoms. The lowest BCUT2D eigenvalue weighted by atomic mass is 9.80. The molecule has 1 rings (SSSR count). The van der Waals surface area contributed by atoms with Gasteiger partial charge < -0.3 is 0 Å². The molecule has 1 aliphatic rings. The highest BCUT2D eigenvalue weighted by Crippen LogP contribution is 2.37. The van der Waals surface area contributed by atoms with Crippen LogP contribution < -0.4 is 0 Å². The van der Waals surface area contributed by atoms with E-state index < -0.39 is 0 Å². The summed E-state index contributed by atoms with van der Waals surface area (Å²) in [6.07, 6.45) is 5.48. The van der Waals surface area contributed by atoms with E-state index in [0.29, 0.717) is 11.6 Å². The summed E-state index contributed by atoms with van der Waals surface area (Å²) in [6, 6.07) is 0.711. The normalized spacial score (nSPS) is 33.2. The summed E-state index contributed by atoms with van der Waals surface area (Å²) in [5, 5.41) is 0. The van der Waals surface area contributed by atoms with Crippen molar-refractivity contribution in [2.24, 2.45) is 5.92 Å². The fourth-order valence-electron chi connectivity index (χ4n) is 4.11. The highest BCUT2D eigenvalue weighted by atomic mass is 15.3. The topological polar surface area (TPSA) is 3.24 Å². The third-order valence-corrected chi connectivity index (χ3v) is 3.98. The quantitative estimate of drug-likeness (QED) is 0.588. The third-order valence-electron chi connectivity index (χ3n) is 3.98. The summed E-state index contributed by atoms with van der Waals surface area (Å²) in [7, 11) is 0. The highest BCUT2D eigenvalue weighted by molar-refractivity contribution is 4.95. The van der Waals surface area contributed by atoms with Gasteiger partial charge in [-0.25, -0.2) is 0 Å². The van der Waals surface area contributed by atoms with Crippen molar-refractivity contribution in [3.8, 4) is 0 Å². The Kier molecular flexibility index (Phi) is 4.10. The van der Waals surface area contributed by atoms with Crippen molar-refractivity contribution >= 4 is 0 Å². The zero-order valence-electron chi connectivity index (χ0n) is 12.4. The summed E-state index contributed by atoms with van der Waals surface area (Å²) in [4.78, 5) is 2.75. The molecular weight excluding hydrogens is 194 g/mol. The van der Waals surface area contributed by atoms with Gasteiger partial charge in [0.05, 0.1) is 0 Å². The molecule has 16 heavy (non-hydrogen) atoms. The summed E-state index contributed by atoms with van der Waals surface area (Å²) in [5.41, 5.74) is 0.609. The number of rotatable bonds is 0. The van der Waals surface area contributed by atoms with Gasteiger partial charge in [0.1, 0.15) is 0 Å².